The van der Waals surface area contributed by atoms with Crippen LogP contribution in [0, 0.1) is 0 Å². The van der Waals surface area contributed by atoms with Gasteiger partial charge in [0.1, 0.15) is 6.54 Å². The molecule has 29 heavy (non-hydrogen) atoms. The molecule has 0 heterocycles. The van der Waals surface area contributed by atoms with E-state index >= 15 is 0 Å². The molecule has 5 nitrogen and oxygen atoms in total. The van der Waals surface area contributed by atoms with Crippen molar-refractivity contribution in [1.29, 1.82) is 0 Å². The van der Waals surface area contributed by atoms with Crippen molar-refractivity contribution >= 4 is 44.8 Å². The van der Waals surface area contributed by atoms with E-state index in [9.17, 15) is 13.2 Å². The molecule has 0 saturated carbocycles. The first kappa shape index (κ1) is 21.9. The first-order valence-electron chi connectivity index (χ1n) is 9.49. The monoisotopic (exact) mass is 454 g/mol. The molecule has 1 aliphatic carbocycles. The molecule has 0 radical (unpaired) electrons. The van der Waals surface area contributed by atoms with Gasteiger partial charge in [0.05, 0.1) is 28.0 Å². The lowest BCUT2D eigenvalue weighted by atomic mass is 9.89. The Hall–Kier alpha value is -1.76. The number of hydrogen-bond donors (Lipinski definition) is 1. The van der Waals surface area contributed by atoms with Gasteiger partial charge in [-0.2, -0.15) is 0 Å². The van der Waals surface area contributed by atoms with Gasteiger partial charge < -0.3 is 5.32 Å². The highest BCUT2D eigenvalue weighted by Gasteiger charge is 2.23. The minimum absolute atomic E-state index is 0.223. The van der Waals surface area contributed by atoms with Crippen molar-refractivity contribution in [1.82, 2.24) is 5.32 Å². The van der Waals surface area contributed by atoms with Crippen molar-refractivity contribution in [3.05, 3.63) is 63.1 Å². The van der Waals surface area contributed by atoms with Crippen LogP contribution < -0.4 is 9.62 Å². The van der Waals surface area contributed by atoms with Gasteiger partial charge in [0, 0.05) is 0 Å². The molecule has 0 spiro atoms. The number of anilines is 1. The topological polar surface area (TPSA) is 66.5 Å². The van der Waals surface area contributed by atoms with E-state index in [1.165, 1.54) is 42.2 Å². The van der Waals surface area contributed by atoms with Crippen molar-refractivity contribution < 1.29 is 13.2 Å². The number of benzene rings is 2. The predicted molar refractivity (Wildman–Crippen MR) is 118 cm³/mol. The number of carbonyl (C=O) groups is 1. The second-order valence-electron chi connectivity index (χ2n) is 7.39. The minimum Gasteiger partial charge on any atom is -0.348 e. The summed E-state index contributed by atoms with van der Waals surface area (Å²) in [6, 6.07) is 10.5. The molecule has 1 atom stereocenters. The van der Waals surface area contributed by atoms with Crippen LogP contribution in [0.3, 0.4) is 0 Å². The molecule has 0 fully saturated rings. The first-order chi connectivity index (χ1) is 13.6. The second kappa shape index (κ2) is 8.94. The van der Waals surface area contributed by atoms with Crippen LogP contribution in [0.1, 0.15) is 42.5 Å². The second-order valence-corrected chi connectivity index (χ2v) is 10.1. The lowest BCUT2D eigenvalue weighted by molar-refractivity contribution is -0.120. The van der Waals surface area contributed by atoms with E-state index < -0.39 is 15.9 Å². The van der Waals surface area contributed by atoms with Crippen molar-refractivity contribution in [2.45, 2.75) is 38.6 Å². The zero-order valence-corrected chi connectivity index (χ0v) is 18.7. The van der Waals surface area contributed by atoms with Crippen LogP contribution in [0.2, 0.25) is 10.0 Å². The lowest BCUT2D eigenvalue weighted by Crippen LogP contribution is -2.41. The Morgan fingerprint density at radius 2 is 1.76 bits per heavy atom. The lowest BCUT2D eigenvalue weighted by Gasteiger charge is -2.24. The molecule has 1 aliphatic rings. The maximum atomic E-state index is 12.6. The predicted octanol–water partition coefficient (Wildman–Crippen LogP) is 4.52. The van der Waals surface area contributed by atoms with E-state index in [4.69, 9.17) is 23.2 Å². The standard InChI is InChI=1S/C21H24Cl2N2O3S/c1-14(16-8-7-15-5-3-4-6-17(15)11-16)24-21(26)13-25(29(2,27)28)18-9-10-19(22)20(23)12-18/h7-12,14H,3-6,13H2,1-2H3,(H,24,26)/t14-/m0/s1. The van der Waals surface area contributed by atoms with E-state index in [-0.39, 0.29) is 17.6 Å². The summed E-state index contributed by atoms with van der Waals surface area (Å²) in [6.07, 6.45) is 5.61. The Bertz CT molecular complexity index is 1020. The number of rotatable bonds is 6. The Balaban J connectivity index is 1.74. The van der Waals surface area contributed by atoms with E-state index in [2.05, 4.69) is 17.4 Å². The number of nitrogens with one attached hydrogen (secondary N) is 1. The molecule has 8 heteroatoms. The van der Waals surface area contributed by atoms with Gasteiger partial charge in [-0.05, 0) is 67.5 Å². The third-order valence-electron chi connectivity index (χ3n) is 5.13. The third kappa shape index (κ3) is 5.44. The maximum absolute atomic E-state index is 12.6. The molecule has 2 aromatic rings. The fourth-order valence-corrected chi connectivity index (χ4v) is 4.70. The van der Waals surface area contributed by atoms with Gasteiger partial charge in [0.15, 0.2) is 0 Å². The number of sulfonamides is 1. The average Bonchev–Trinajstić information content (AvgIpc) is 2.67. The number of amides is 1. The quantitative estimate of drug-likeness (QED) is 0.697. The number of halogens is 2. The van der Waals surface area contributed by atoms with Crippen molar-refractivity contribution in [3.63, 3.8) is 0 Å². The molecule has 0 aromatic heterocycles. The summed E-state index contributed by atoms with van der Waals surface area (Å²) in [7, 11) is -3.68. The SMILES string of the molecule is C[C@H](NC(=O)CN(c1ccc(Cl)c(Cl)c1)S(C)(=O)=O)c1ccc2c(c1)CCCC2. The molecule has 2 aromatic carbocycles. The summed E-state index contributed by atoms with van der Waals surface area (Å²) in [4.78, 5) is 12.6. The van der Waals surface area contributed by atoms with Crippen LogP contribution in [-0.2, 0) is 27.7 Å². The van der Waals surface area contributed by atoms with Crippen LogP contribution in [0.15, 0.2) is 36.4 Å². The summed E-state index contributed by atoms with van der Waals surface area (Å²) in [6.45, 7) is 1.55. The highest BCUT2D eigenvalue weighted by Crippen LogP contribution is 2.28. The Morgan fingerprint density at radius 3 is 2.41 bits per heavy atom. The van der Waals surface area contributed by atoms with E-state index in [1.54, 1.807) is 0 Å². The molecule has 0 aliphatic heterocycles. The van der Waals surface area contributed by atoms with Gasteiger partial charge >= 0.3 is 0 Å². The number of aryl methyl sites for hydroxylation is 2. The highest BCUT2D eigenvalue weighted by molar-refractivity contribution is 7.92. The fourth-order valence-electron chi connectivity index (χ4n) is 3.56. The van der Waals surface area contributed by atoms with Gasteiger partial charge in [-0.25, -0.2) is 8.42 Å². The smallest absolute Gasteiger partial charge is 0.241 e. The van der Waals surface area contributed by atoms with Crippen molar-refractivity contribution in [2.24, 2.45) is 0 Å². The normalized spacial score (nSPS) is 14.8. The summed E-state index contributed by atoms with van der Waals surface area (Å²) in [5, 5.41) is 3.43. The van der Waals surface area contributed by atoms with E-state index in [0.29, 0.717) is 10.7 Å². The van der Waals surface area contributed by atoms with Crippen LogP contribution in [0.25, 0.3) is 0 Å². The van der Waals surface area contributed by atoms with Crippen LogP contribution in [-0.4, -0.2) is 27.1 Å². The molecule has 1 amide bonds. The molecule has 156 valence electrons. The summed E-state index contributed by atoms with van der Waals surface area (Å²) >= 11 is 11.9. The fraction of sp³-hybridized carbons (Fsp3) is 0.381. The molecular weight excluding hydrogens is 431 g/mol. The van der Waals surface area contributed by atoms with Crippen LogP contribution >= 0.6 is 23.2 Å². The van der Waals surface area contributed by atoms with Gasteiger partial charge in [-0.3, -0.25) is 9.10 Å². The Labute approximate surface area is 182 Å². The number of nitrogens with zero attached hydrogens (tertiary/aromatic N) is 1. The minimum atomic E-state index is -3.68. The summed E-state index contributed by atoms with van der Waals surface area (Å²) < 4.78 is 25.5. The molecule has 1 N–H and O–H groups in total. The highest BCUT2D eigenvalue weighted by atomic mass is 35.5. The largest absolute Gasteiger partial charge is 0.348 e. The Morgan fingerprint density at radius 1 is 1.07 bits per heavy atom. The van der Waals surface area contributed by atoms with Crippen molar-refractivity contribution in [2.75, 3.05) is 17.1 Å². The van der Waals surface area contributed by atoms with Crippen molar-refractivity contribution in [3.8, 4) is 0 Å². The molecule has 3 rings (SSSR count). The molecule has 0 unspecified atom stereocenters. The zero-order chi connectivity index (χ0) is 21.2. The molecular formula is C21H24Cl2N2O3S. The number of carbonyl (C=O) groups excluding carboxylic acids is 1. The maximum Gasteiger partial charge on any atom is 0.241 e. The zero-order valence-electron chi connectivity index (χ0n) is 16.4. The van der Waals surface area contributed by atoms with Gasteiger partial charge in [-0.15, -0.1) is 0 Å². The molecule has 0 saturated heterocycles. The van der Waals surface area contributed by atoms with Gasteiger partial charge in [-0.1, -0.05) is 41.4 Å². The number of fused-ring (bicyclic) bond motifs is 1. The molecule has 0 bridgehead atoms. The third-order valence-corrected chi connectivity index (χ3v) is 7.01. The average molecular weight is 455 g/mol. The summed E-state index contributed by atoms with van der Waals surface area (Å²) in [5.74, 6) is -0.397. The van der Waals surface area contributed by atoms with E-state index in [1.807, 2.05) is 13.0 Å². The first-order valence-corrected chi connectivity index (χ1v) is 12.1. The Kier molecular flexibility index (Phi) is 6.76. The van der Waals surface area contributed by atoms with Gasteiger partial charge in [0.2, 0.25) is 15.9 Å². The summed E-state index contributed by atoms with van der Waals surface area (Å²) in [5.41, 5.74) is 4.02. The van der Waals surface area contributed by atoms with Crippen LogP contribution in [0.4, 0.5) is 5.69 Å². The van der Waals surface area contributed by atoms with Crippen LogP contribution in [0.5, 0.6) is 0 Å². The van der Waals surface area contributed by atoms with Gasteiger partial charge in [0.25, 0.3) is 0 Å². The number of hydrogen-bond acceptors (Lipinski definition) is 3. The van der Waals surface area contributed by atoms with E-state index in [0.717, 1.165) is 29.0 Å².